The van der Waals surface area contributed by atoms with Gasteiger partial charge in [-0.1, -0.05) is 66.7 Å². The first-order valence-electron chi connectivity index (χ1n) is 9.47. The molecule has 1 atom stereocenters. The van der Waals surface area contributed by atoms with E-state index < -0.39 is 18.0 Å². The molecule has 0 saturated heterocycles. The molecule has 3 aromatic carbocycles. The molecule has 1 aliphatic rings. The standard InChI is InChI=1S/C24H20FNO3/c25-23-12-6-1-7-16(23)13-17(14-27)26-24(28)29-15-22-20-10-4-2-8-18(20)19-9-3-5-11-21(19)22/h1-12,14,17,22H,13,15H2,(H,26,28)/t17-/m0/s1. The molecular weight excluding hydrogens is 369 g/mol. The number of halogens is 1. The predicted molar refractivity (Wildman–Crippen MR) is 108 cm³/mol. The van der Waals surface area contributed by atoms with E-state index in [9.17, 15) is 14.0 Å². The van der Waals surface area contributed by atoms with Crippen molar-refractivity contribution in [1.82, 2.24) is 5.32 Å². The van der Waals surface area contributed by atoms with Crippen LogP contribution in [0.4, 0.5) is 9.18 Å². The van der Waals surface area contributed by atoms with Crippen LogP contribution in [0.15, 0.2) is 72.8 Å². The molecule has 4 nitrogen and oxygen atoms in total. The average Bonchev–Trinajstić information content (AvgIpc) is 3.07. The molecule has 0 heterocycles. The summed E-state index contributed by atoms with van der Waals surface area (Å²) in [7, 11) is 0. The Labute approximate surface area is 168 Å². The smallest absolute Gasteiger partial charge is 0.407 e. The summed E-state index contributed by atoms with van der Waals surface area (Å²) in [5.74, 6) is -0.469. The van der Waals surface area contributed by atoms with Gasteiger partial charge in [0, 0.05) is 12.3 Å². The number of alkyl carbamates (subject to hydrolysis) is 1. The van der Waals surface area contributed by atoms with Crippen LogP contribution < -0.4 is 5.32 Å². The highest BCUT2D eigenvalue weighted by Gasteiger charge is 2.29. The summed E-state index contributed by atoms with van der Waals surface area (Å²) in [6, 6.07) is 21.4. The molecule has 0 spiro atoms. The minimum Gasteiger partial charge on any atom is -0.449 e. The Balaban J connectivity index is 1.42. The number of nitrogens with one attached hydrogen (secondary N) is 1. The lowest BCUT2D eigenvalue weighted by Gasteiger charge is -2.17. The Kier molecular flexibility index (Phi) is 5.38. The first-order chi connectivity index (χ1) is 14.2. The average molecular weight is 389 g/mol. The van der Waals surface area contributed by atoms with E-state index >= 15 is 0 Å². The maximum absolute atomic E-state index is 13.8. The summed E-state index contributed by atoms with van der Waals surface area (Å²) >= 11 is 0. The number of fused-ring (bicyclic) bond motifs is 3. The van der Waals surface area contributed by atoms with Gasteiger partial charge in [-0.05, 0) is 33.9 Å². The largest absolute Gasteiger partial charge is 0.449 e. The Morgan fingerprint density at radius 2 is 1.55 bits per heavy atom. The van der Waals surface area contributed by atoms with E-state index in [1.165, 1.54) is 6.07 Å². The van der Waals surface area contributed by atoms with Gasteiger partial charge in [0.15, 0.2) is 0 Å². The van der Waals surface area contributed by atoms with E-state index in [4.69, 9.17) is 4.74 Å². The van der Waals surface area contributed by atoms with E-state index in [0.29, 0.717) is 11.8 Å². The van der Waals surface area contributed by atoms with E-state index in [2.05, 4.69) is 17.4 Å². The van der Waals surface area contributed by atoms with Crippen molar-refractivity contribution in [2.24, 2.45) is 0 Å². The van der Waals surface area contributed by atoms with Gasteiger partial charge < -0.3 is 14.8 Å². The van der Waals surface area contributed by atoms with Crippen molar-refractivity contribution < 1.29 is 18.7 Å². The molecule has 0 unspecified atom stereocenters. The third-order valence-corrected chi connectivity index (χ3v) is 5.21. The zero-order chi connectivity index (χ0) is 20.2. The minimum absolute atomic E-state index is 0.0607. The molecule has 0 fully saturated rings. The monoisotopic (exact) mass is 389 g/mol. The van der Waals surface area contributed by atoms with Crippen LogP contribution in [0, 0.1) is 5.82 Å². The fourth-order valence-corrected chi connectivity index (χ4v) is 3.83. The molecule has 0 bridgehead atoms. The lowest BCUT2D eigenvalue weighted by molar-refractivity contribution is -0.109. The maximum Gasteiger partial charge on any atom is 0.407 e. The number of carbonyl (C=O) groups excluding carboxylic acids is 2. The highest BCUT2D eigenvalue weighted by atomic mass is 19.1. The molecule has 1 aliphatic carbocycles. The lowest BCUT2D eigenvalue weighted by Crippen LogP contribution is -2.38. The van der Waals surface area contributed by atoms with Gasteiger partial charge in [-0.25, -0.2) is 9.18 Å². The van der Waals surface area contributed by atoms with Crippen molar-refractivity contribution in [3.8, 4) is 11.1 Å². The zero-order valence-electron chi connectivity index (χ0n) is 15.7. The molecule has 3 aromatic rings. The summed E-state index contributed by atoms with van der Waals surface area (Å²) in [5, 5.41) is 2.52. The molecular formula is C24H20FNO3. The molecule has 5 heteroatoms. The van der Waals surface area contributed by atoms with Crippen molar-refractivity contribution in [2.45, 2.75) is 18.4 Å². The van der Waals surface area contributed by atoms with Crippen molar-refractivity contribution in [3.63, 3.8) is 0 Å². The third kappa shape index (κ3) is 3.90. The summed E-state index contributed by atoms with van der Waals surface area (Å²) in [5.41, 5.74) is 4.87. The van der Waals surface area contributed by atoms with Crippen molar-refractivity contribution in [1.29, 1.82) is 0 Å². The van der Waals surface area contributed by atoms with Crippen molar-refractivity contribution in [2.75, 3.05) is 6.61 Å². The van der Waals surface area contributed by atoms with Crippen LogP contribution in [-0.2, 0) is 16.0 Å². The second kappa shape index (κ2) is 8.27. The number of carbonyl (C=O) groups is 2. The van der Waals surface area contributed by atoms with Crippen molar-refractivity contribution in [3.05, 3.63) is 95.3 Å². The minimum atomic E-state index is -0.859. The van der Waals surface area contributed by atoms with Crippen LogP contribution in [0.25, 0.3) is 11.1 Å². The number of hydrogen-bond acceptors (Lipinski definition) is 3. The summed E-state index contributed by atoms with van der Waals surface area (Å²) in [6.07, 6.45) is -0.0332. The number of ether oxygens (including phenoxy) is 1. The van der Waals surface area contributed by atoms with Gasteiger partial charge in [-0.2, -0.15) is 0 Å². The van der Waals surface area contributed by atoms with E-state index in [0.717, 1.165) is 22.3 Å². The quantitative estimate of drug-likeness (QED) is 0.633. The Bertz CT molecular complexity index is 1000. The van der Waals surface area contributed by atoms with E-state index in [1.807, 2.05) is 36.4 Å². The van der Waals surface area contributed by atoms with Crippen molar-refractivity contribution >= 4 is 12.4 Å². The number of rotatable bonds is 6. The fourth-order valence-electron chi connectivity index (χ4n) is 3.83. The Morgan fingerprint density at radius 1 is 0.966 bits per heavy atom. The third-order valence-electron chi connectivity index (χ3n) is 5.21. The highest BCUT2D eigenvalue weighted by molar-refractivity contribution is 5.79. The maximum atomic E-state index is 13.8. The molecule has 1 N–H and O–H groups in total. The van der Waals surface area contributed by atoms with Gasteiger partial charge in [0.25, 0.3) is 0 Å². The molecule has 1 amide bonds. The molecule has 0 radical (unpaired) electrons. The Hall–Kier alpha value is -3.47. The summed E-state index contributed by atoms with van der Waals surface area (Å²) in [6.45, 7) is 0.158. The van der Waals surface area contributed by atoms with Crippen LogP contribution in [0.1, 0.15) is 22.6 Å². The predicted octanol–water partition coefficient (Wildman–Crippen LogP) is 4.47. The molecule has 29 heavy (non-hydrogen) atoms. The second-order valence-corrected chi connectivity index (χ2v) is 7.01. The highest BCUT2D eigenvalue weighted by Crippen LogP contribution is 2.44. The number of amides is 1. The van der Waals surface area contributed by atoms with E-state index in [1.54, 1.807) is 18.2 Å². The van der Waals surface area contributed by atoms with E-state index in [-0.39, 0.29) is 18.9 Å². The first kappa shape index (κ1) is 18.9. The SMILES string of the molecule is O=C[C@H](Cc1ccccc1F)NC(=O)OCC1c2ccccc2-c2ccccc21. The topological polar surface area (TPSA) is 55.4 Å². The van der Waals surface area contributed by atoms with Gasteiger partial charge in [0.2, 0.25) is 0 Å². The number of aldehydes is 1. The fraction of sp³-hybridized carbons (Fsp3) is 0.167. The molecule has 4 rings (SSSR count). The van der Waals surface area contributed by atoms with Crippen LogP contribution >= 0.6 is 0 Å². The normalized spacial score (nSPS) is 13.3. The van der Waals surface area contributed by atoms with Gasteiger partial charge >= 0.3 is 6.09 Å². The summed E-state index contributed by atoms with van der Waals surface area (Å²) < 4.78 is 19.2. The molecule has 0 aliphatic heterocycles. The van der Waals surface area contributed by atoms with Crippen LogP contribution in [-0.4, -0.2) is 25.0 Å². The van der Waals surface area contributed by atoms with Gasteiger partial charge in [0.1, 0.15) is 18.7 Å². The Morgan fingerprint density at radius 3 is 2.17 bits per heavy atom. The van der Waals surface area contributed by atoms with Gasteiger partial charge in [-0.3, -0.25) is 0 Å². The van der Waals surface area contributed by atoms with Gasteiger partial charge in [-0.15, -0.1) is 0 Å². The molecule has 146 valence electrons. The van der Waals surface area contributed by atoms with Crippen LogP contribution in [0.5, 0.6) is 0 Å². The lowest BCUT2D eigenvalue weighted by atomic mass is 9.98. The molecule has 0 aromatic heterocycles. The zero-order valence-corrected chi connectivity index (χ0v) is 15.7. The summed E-state index contributed by atoms with van der Waals surface area (Å²) in [4.78, 5) is 23.6. The molecule has 0 saturated carbocycles. The second-order valence-electron chi connectivity index (χ2n) is 7.01. The van der Waals surface area contributed by atoms with Crippen LogP contribution in [0.3, 0.4) is 0 Å². The van der Waals surface area contributed by atoms with Crippen LogP contribution in [0.2, 0.25) is 0 Å². The number of benzene rings is 3. The van der Waals surface area contributed by atoms with Gasteiger partial charge in [0.05, 0.1) is 6.04 Å². The number of hydrogen-bond donors (Lipinski definition) is 1. The first-order valence-corrected chi connectivity index (χ1v) is 9.47.